The van der Waals surface area contributed by atoms with Gasteiger partial charge in [-0.25, -0.2) is 0 Å². The van der Waals surface area contributed by atoms with E-state index in [4.69, 9.17) is 14.2 Å². The fourth-order valence-electron chi connectivity index (χ4n) is 7.40. The van der Waals surface area contributed by atoms with Gasteiger partial charge in [0.1, 0.15) is 13.2 Å². The van der Waals surface area contributed by atoms with Gasteiger partial charge in [0.2, 0.25) is 0 Å². The molecule has 1 atom stereocenters. The second-order valence-electron chi connectivity index (χ2n) is 17.8. The first-order chi connectivity index (χ1) is 31.5. The van der Waals surface area contributed by atoms with Gasteiger partial charge in [-0.2, -0.15) is 0 Å². The summed E-state index contributed by atoms with van der Waals surface area (Å²) in [5.41, 5.74) is 0. The van der Waals surface area contributed by atoms with E-state index in [0.29, 0.717) is 12.8 Å². The summed E-state index contributed by atoms with van der Waals surface area (Å²) >= 11 is 0. The van der Waals surface area contributed by atoms with E-state index in [9.17, 15) is 14.4 Å². The standard InChI is InChI=1S/C58H100O6/c1-4-7-10-13-16-19-22-25-27-28-29-30-32-34-37-40-43-46-49-52-58(61)64-55(53-62-56(59)50-47-44-41-38-35-24-21-18-15-12-9-6-3)54-63-57(60)51-48-45-42-39-36-33-31-26-23-20-17-14-11-8-5-2/h7,10,16,19,25-27,29-31,34,37,55H,4-6,8-9,11-15,17-18,20-24,28,32-33,35-36,38-54H2,1-3H3/b10-7-,19-16-,27-25-,30-29-,31-26-,37-34-/t55-/m0/s1. The topological polar surface area (TPSA) is 78.9 Å². The third-order valence-electron chi connectivity index (χ3n) is 11.4. The highest BCUT2D eigenvalue weighted by molar-refractivity contribution is 5.71. The molecule has 6 heteroatoms. The van der Waals surface area contributed by atoms with E-state index in [2.05, 4.69) is 93.7 Å². The normalized spacial score (nSPS) is 12.6. The summed E-state index contributed by atoms with van der Waals surface area (Å²) in [6.07, 6.45) is 66.0. The smallest absolute Gasteiger partial charge is 0.306 e. The van der Waals surface area contributed by atoms with E-state index in [1.807, 2.05) is 0 Å². The zero-order chi connectivity index (χ0) is 46.5. The van der Waals surface area contributed by atoms with Gasteiger partial charge in [0.15, 0.2) is 6.10 Å². The van der Waals surface area contributed by atoms with Crippen molar-refractivity contribution in [2.24, 2.45) is 0 Å². The molecule has 0 aromatic heterocycles. The predicted molar refractivity (Wildman–Crippen MR) is 274 cm³/mol. The maximum atomic E-state index is 12.8. The number of carbonyl (C=O) groups excluding carboxylic acids is 3. The van der Waals surface area contributed by atoms with Crippen LogP contribution in [0, 0.1) is 0 Å². The fraction of sp³-hybridized carbons (Fsp3) is 0.741. The van der Waals surface area contributed by atoms with Crippen LogP contribution in [0.2, 0.25) is 0 Å². The lowest BCUT2D eigenvalue weighted by atomic mass is 10.0. The molecule has 0 radical (unpaired) electrons. The van der Waals surface area contributed by atoms with E-state index in [0.717, 1.165) is 103 Å². The molecule has 0 saturated heterocycles. The van der Waals surface area contributed by atoms with Crippen LogP contribution in [0.1, 0.15) is 258 Å². The number of esters is 3. The first kappa shape index (κ1) is 60.9. The minimum Gasteiger partial charge on any atom is -0.462 e. The Balaban J connectivity index is 4.45. The van der Waals surface area contributed by atoms with E-state index in [1.54, 1.807) is 0 Å². The Morgan fingerprint density at radius 2 is 0.609 bits per heavy atom. The van der Waals surface area contributed by atoms with Crippen molar-refractivity contribution in [2.45, 2.75) is 264 Å². The van der Waals surface area contributed by atoms with Crippen molar-refractivity contribution in [1.82, 2.24) is 0 Å². The third-order valence-corrected chi connectivity index (χ3v) is 11.4. The first-order valence-electron chi connectivity index (χ1n) is 26.9. The lowest BCUT2D eigenvalue weighted by Gasteiger charge is -2.18. The molecule has 0 heterocycles. The van der Waals surface area contributed by atoms with Crippen molar-refractivity contribution in [3.05, 3.63) is 72.9 Å². The highest BCUT2D eigenvalue weighted by Crippen LogP contribution is 2.15. The molecule has 0 aromatic rings. The number of allylic oxidation sites excluding steroid dienone is 12. The zero-order valence-corrected chi connectivity index (χ0v) is 42.0. The van der Waals surface area contributed by atoms with Crippen LogP contribution in [0.3, 0.4) is 0 Å². The Kier molecular flexibility index (Phi) is 49.9. The summed E-state index contributed by atoms with van der Waals surface area (Å²) in [7, 11) is 0. The van der Waals surface area contributed by atoms with Crippen molar-refractivity contribution >= 4 is 17.9 Å². The molecule has 0 aliphatic heterocycles. The molecule has 0 fully saturated rings. The van der Waals surface area contributed by atoms with Gasteiger partial charge >= 0.3 is 17.9 Å². The Hall–Kier alpha value is -3.15. The molecular formula is C58H100O6. The van der Waals surface area contributed by atoms with Crippen LogP contribution in [0.15, 0.2) is 72.9 Å². The van der Waals surface area contributed by atoms with Crippen LogP contribution in [0.5, 0.6) is 0 Å². The molecule has 0 rings (SSSR count). The van der Waals surface area contributed by atoms with Crippen LogP contribution in [-0.2, 0) is 28.6 Å². The molecule has 0 aliphatic carbocycles. The summed E-state index contributed by atoms with van der Waals surface area (Å²) in [5, 5.41) is 0. The second kappa shape index (κ2) is 52.5. The lowest BCUT2D eigenvalue weighted by Crippen LogP contribution is -2.30. The zero-order valence-electron chi connectivity index (χ0n) is 42.0. The lowest BCUT2D eigenvalue weighted by molar-refractivity contribution is -0.167. The maximum absolute atomic E-state index is 12.8. The van der Waals surface area contributed by atoms with E-state index < -0.39 is 6.10 Å². The molecule has 0 unspecified atom stereocenters. The molecular weight excluding hydrogens is 793 g/mol. The quantitative estimate of drug-likeness (QED) is 0.0262. The Morgan fingerprint density at radius 1 is 0.328 bits per heavy atom. The number of rotatable bonds is 48. The van der Waals surface area contributed by atoms with Gasteiger partial charge in [0.05, 0.1) is 0 Å². The summed E-state index contributed by atoms with van der Waals surface area (Å²) in [5.74, 6) is -0.926. The maximum Gasteiger partial charge on any atom is 0.306 e. The Bertz CT molecular complexity index is 1210. The minimum atomic E-state index is -0.794. The van der Waals surface area contributed by atoms with E-state index >= 15 is 0 Å². The van der Waals surface area contributed by atoms with Gasteiger partial charge in [-0.1, -0.05) is 222 Å². The van der Waals surface area contributed by atoms with Crippen LogP contribution < -0.4 is 0 Å². The van der Waals surface area contributed by atoms with Gasteiger partial charge in [-0.15, -0.1) is 0 Å². The third kappa shape index (κ3) is 49.9. The van der Waals surface area contributed by atoms with Crippen molar-refractivity contribution in [3.63, 3.8) is 0 Å². The van der Waals surface area contributed by atoms with E-state index in [1.165, 1.54) is 116 Å². The first-order valence-corrected chi connectivity index (χ1v) is 26.9. The summed E-state index contributed by atoms with van der Waals surface area (Å²) in [6.45, 7) is 6.49. The molecule has 0 amide bonds. The minimum absolute atomic E-state index is 0.0897. The average molecular weight is 893 g/mol. The fourth-order valence-corrected chi connectivity index (χ4v) is 7.40. The number of ether oxygens (including phenoxy) is 3. The van der Waals surface area contributed by atoms with Crippen LogP contribution in [0.4, 0.5) is 0 Å². The SMILES string of the molecule is CC/C=C\C/C=C\C/C=C\C/C=C\C/C=C\CCCCCC(=O)O[C@H](COC(=O)CCCCCCC/C=C\CCCCCCCC)COC(=O)CCCCCCCCCCCCCC. The van der Waals surface area contributed by atoms with Crippen molar-refractivity contribution in [1.29, 1.82) is 0 Å². The van der Waals surface area contributed by atoms with Gasteiger partial charge in [0.25, 0.3) is 0 Å². The highest BCUT2D eigenvalue weighted by atomic mass is 16.6. The predicted octanol–water partition coefficient (Wildman–Crippen LogP) is 17.8. The number of hydrogen-bond acceptors (Lipinski definition) is 6. The molecule has 0 bridgehead atoms. The number of carbonyl (C=O) groups is 3. The van der Waals surface area contributed by atoms with Crippen LogP contribution in [-0.4, -0.2) is 37.2 Å². The second-order valence-corrected chi connectivity index (χ2v) is 17.8. The van der Waals surface area contributed by atoms with Crippen molar-refractivity contribution in [3.8, 4) is 0 Å². The number of unbranched alkanes of at least 4 members (excludes halogenated alkanes) is 25. The molecule has 368 valence electrons. The average Bonchev–Trinajstić information content (AvgIpc) is 3.29. The highest BCUT2D eigenvalue weighted by Gasteiger charge is 2.19. The van der Waals surface area contributed by atoms with Crippen molar-refractivity contribution < 1.29 is 28.6 Å². The van der Waals surface area contributed by atoms with Crippen molar-refractivity contribution in [2.75, 3.05) is 13.2 Å². The number of hydrogen-bond donors (Lipinski definition) is 0. The molecule has 0 aliphatic rings. The molecule has 0 N–H and O–H groups in total. The van der Waals surface area contributed by atoms with Gasteiger partial charge in [-0.3, -0.25) is 14.4 Å². The van der Waals surface area contributed by atoms with Crippen LogP contribution in [0.25, 0.3) is 0 Å². The van der Waals surface area contributed by atoms with Gasteiger partial charge < -0.3 is 14.2 Å². The summed E-state index contributed by atoms with van der Waals surface area (Å²) < 4.78 is 16.8. The molecule has 64 heavy (non-hydrogen) atoms. The molecule has 6 nitrogen and oxygen atoms in total. The molecule has 0 aromatic carbocycles. The summed E-state index contributed by atoms with van der Waals surface area (Å²) in [4.78, 5) is 38.0. The van der Waals surface area contributed by atoms with Crippen LogP contribution >= 0.6 is 0 Å². The largest absolute Gasteiger partial charge is 0.462 e. The summed E-state index contributed by atoms with van der Waals surface area (Å²) in [6, 6.07) is 0. The molecule has 0 spiro atoms. The molecule has 0 saturated carbocycles. The monoisotopic (exact) mass is 893 g/mol. The van der Waals surface area contributed by atoms with Gasteiger partial charge in [0, 0.05) is 19.3 Å². The van der Waals surface area contributed by atoms with Gasteiger partial charge in [-0.05, 0) is 89.9 Å². The Labute approximate surface area is 395 Å². The Morgan fingerprint density at radius 3 is 0.984 bits per heavy atom. The van der Waals surface area contributed by atoms with E-state index in [-0.39, 0.29) is 37.5 Å².